The van der Waals surface area contributed by atoms with E-state index in [4.69, 9.17) is 14.2 Å². The second-order valence-corrected chi connectivity index (χ2v) is 8.01. The Balaban J connectivity index is 1.70. The summed E-state index contributed by atoms with van der Waals surface area (Å²) in [6.45, 7) is 2.22. The van der Waals surface area contributed by atoms with E-state index in [1.807, 2.05) is 37.3 Å². The summed E-state index contributed by atoms with van der Waals surface area (Å²) in [7, 11) is 3.05. The average Bonchev–Trinajstić information content (AvgIpc) is 3.37. The fourth-order valence-corrected chi connectivity index (χ4v) is 4.11. The lowest BCUT2D eigenvalue weighted by molar-refractivity contribution is 0.0971. The molecule has 0 radical (unpaired) electrons. The van der Waals surface area contributed by atoms with Crippen molar-refractivity contribution in [2.24, 2.45) is 0 Å². The SMILES string of the molecule is CCOc1ccc(C(=O)Cn2c(=O)n3nc(-c4ccccc4)nc3c3cc(OC)c(OC)cc32)cc1. The van der Waals surface area contributed by atoms with Crippen LogP contribution < -0.4 is 19.9 Å². The van der Waals surface area contributed by atoms with Crippen molar-refractivity contribution in [1.29, 1.82) is 0 Å². The molecule has 36 heavy (non-hydrogen) atoms. The third-order valence-electron chi connectivity index (χ3n) is 5.87. The topological polar surface area (TPSA) is 97.0 Å². The van der Waals surface area contributed by atoms with E-state index < -0.39 is 5.69 Å². The lowest BCUT2D eigenvalue weighted by atomic mass is 10.1. The molecule has 0 aliphatic rings. The summed E-state index contributed by atoms with van der Waals surface area (Å²) >= 11 is 0. The van der Waals surface area contributed by atoms with E-state index in [-0.39, 0.29) is 12.3 Å². The van der Waals surface area contributed by atoms with Gasteiger partial charge in [-0.05, 0) is 37.3 Å². The number of fused-ring (bicyclic) bond motifs is 3. The molecule has 0 N–H and O–H groups in total. The first kappa shape index (κ1) is 23.1. The minimum atomic E-state index is -0.487. The molecule has 0 fully saturated rings. The summed E-state index contributed by atoms with van der Waals surface area (Å²) in [5.41, 5.74) is 1.59. The number of nitrogens with zero attached hydrogens (tertiary/aromatic N) is 4. The molecule has 0 unspecified atom stereocenters. The average molecular weight is 485 g/mol. The molecule has 0 saturated heterocycles. The fourth-order valence-electron chi connectivity index (χ4n) is 4.11. The second kappa shape index (κ2) is 9.53. The fraction of sp³-hybridized carbons (Fsp3) is 0.185. The zero-order valence-corrected chi connectivity index (χ0v) is 20.1. The van der Waals surface area contributed by atoms with Crippen LogP contribution in [-0.4, -0.2) is 45.8 Å². The number of benzene rings is 3. The number of Topliss-reactive ketones (excluding diaryl/α,β-unsaturated/α-hetero) is 1. The van der Waals surface area contributed by atoms with Crippen LogP contribution in [0.1, 0.15) is 17.3 Å². The van der Waals surface area contributed by atoms with Gasteiger partial charge in [-0.15, -0.1) is 5.10 Å². The predicted octanol–water partition coefficient (Wildman–Crippen LogP) is 4.01. The maximum atomic E-state index is 13.6. The molecule has 2 heterocycles. The summed E-state index contributed by atoms with van der Waals surface area (Å²) in [5, 5.41) is 5.07. The number of ether oxygens (including phenoxy) is 3. The van der Waals surface area contributed by atoms with Gasteiger partial charge in [0, 0.05) is 22.6 Å². The van der Waals surface area contributed by atoms with E-state index >= 15 is 0 Å². The van der Waals surface area contributed by atoms with Crippen molar-refractivity contribution in [3.8, 4) is 28.6 Å². The number of methoxy groups -OCH3 is 2. The number of carbonyl (C=O) groups is 1. The number of aromatic nitrogens is 4. The smallest absolute Gasteiger partial charge is 0.351 e. The maximum absolute atomic E-state index is 13.6. The van der Waals surface area contributed by atoms with Crippen LogP contribution in [0.15, 0.2) is 71.5 Å². The minimum absolute atomic E-state index is 0.199. The van der Waals surface area contributed by atoms with E-state index in [2.05, 4.69) is 10.1 Å². The molecule has 0 amide bonds. The number of carbonyl (C=O) groups excluding carboxylic acids is 1. The highest BCUT2D eigenvalue weighted by Gasteiger charge is 2.20. The monoisotopic (exact) mass is 484 g/mol. The van der Waals surface area contributed by atoms with Crippen LogP contribution >= 0.6 is 0 Å². The van der Waals surface area contributed by atoms with Gasteiger partial charge in [-0.2, -0.15) is 4.52 Å². The van der Waals surface area contributed by atoms with Crippen LogP contribution in [0.2, 0.25) is 0 Å². The molecule has 0 aliphatic carbocycles. The van der Waals surface area contributed by atoms with Gasteiger partial charge >= 0.3 is 5.69 Å². The van der Waals surface area contributed by atoms with Crippen molar-refractivity contribution >= 4 is 22.3 Å². The van der Waals surface area contributed by atoms with Gasteiger partial charge in [0.25, 0.3) is 0 Å². The van der Waals surface area contributed by atoms with E-state index in [1.54, 1.807) is 36.4 Å². The summed E-state index contributed by atoms with van der Waals surface area (Å²) in [6, 6.07) is 19.6. The lowest BCUT2D eigenvalue weighted by Crippen LogP contribution is -2.30. The molecular weight excluding hydrogens is 460 g/mol. The first-order valence-electron chi connectivity index (χ1n) is 11.4. The normalized spacial score (nSPS) is 11.1. The van der Waals surface area contributed by atoms with Gasteiger partial charge < -0.3 is 14.2 Å². The number of rotatable bonds is 8. The highest BCUT2D eigenvalue weighted by Crippen LogP contribution is 2.33. The molecule has 0 aliphatic heterocycles. The number of ketones is 1. The third kappa shape index (κ3) is 4.04. The van der Waals surface area contributed by atoms with Crippen molar-refractivity contribution in [2.45, 2.75) is 13.5 Å². The quantitative estimate of drug-likeness (QED) is 0.307. The molecule has 9 heteroatoms. The van der Waals surface area contributed by atoms with Crippen molar-refractivity contribution in [2.75, 3.05) is 20.8 Å². The van der Waals surface area contributed by atoms with Gasteiger partial charge in [0.05, 0.1) is 32.9 Å². The first-order chi connectivity index (χ1) is 17.5. The second-order valence-electron chi connectivity index (χ2n) is 8.01. The van der Waals surface area contributed by atoms with E-state index in [0.717, 1.165) is 5.56 Å². The maximum Gasteiger partial charge on any atom is 0.351 e. The van der Waals surface area contributed by atoms with Gasteiger partial charge in [0.2, 0.25) is 0 Å². The Morgan fingerprint density at radius 2 is 1.64 bits per heavy atom. The highest BCUT2D eigenvalue weighted by atomic mass is 16.5. The van der Waals surface area contributed by atoms with Crippen molar-refractivity contribution in [3.05, 3.63) is 82.8 Å². The van der Waals surface area contributed by atoms with Crippen LogP contribution in [-0.2, 0) is 6.54 Å². The molecule has 3 aromatic carbocycles. The Bertz CT molecular complexity index is 1620. The first-order valence-corrected chi connectivity index (χ1v) is 11.4. The Labute approximate surface area is 206 Å². The molecule has 0 saturated carbocycles. The Kier molecular flexibility index (Phi) is 6.12. The summed E-state index contributed by atoms with van der Waals surface area (Å²) in [4.78, 5) is 31.5. The Morgan fingerprint density at radius 3 is 2.31 bits per heavy atom. The van der Waals surface area contributed by atoms with Crippen LogP contribution in [0, 0.1) is 0 Å². The van der Waals surface area contributed by atoms with Crippen LogP contribution in [0.4, 0.5) is 0 Å². The summed E-state index contributed by atoms with van der Waals surface area (Å²) in [6.07, 6.45) is 0. The van der Waals surface area contributed by atoms with Gasteiger partial charge in [0.15, 0.2) is 28.8 Å². The van der Waals surface area contributed by atoms with Crippen molar-refractivity contribution in [1.82, 2.24) is 19.2 Å². The zero-order chi connectivity index (χ0) is 25.2. The lowest BCUT2D eigenvalue weighted by Gasteiger charge is -2.14. The van der Waals surface area contributed by atoms with Crippen LogP contribution in [0.3, 0.4) is 0 Å². The van der Waals surface area contributed by atoms with Gasteiger partial charge in [-0.1, -0.05) is 30.3 Å². The molecule has 2 aromatic heterocycles. The largest absolute Gasteiger partial charge is 0.494 e. The van der Waals surface area contributed by atoms with E-state index in [0.29, 0.717) is 51.8 Å². The van der Waals surface area contributed by atoms with Crippen molar-refractivity contribution < 1.29 is 19.0 Å². The van der Waals surface area contributed by atoms with Crippen LogP contribution in [0.5, 0.6) is 17.2 Å². The Hall–Kier alpha value is -4.66. The number of hydrogen-bond donors (Lipinski definition) is 0. The molecule has 5 rings (SSSR count). The number of hydrogen-bond acceptors (Lipinski definition) is 7. The minimum Gasteiger partial charge on any atom is -0.494 e. The molecule has 0 bridgehead atoms. The van der Waals surface area contributed by atoms with Gasteiger partial charge in [-0.25, -0.2) is 9.78 Å². The molecule has 0 spiro atoms. The van der Waals surface area contributed by atoms with E-state index in [1.165, 1.54) is 23.3 Å². The van der Waals surface area contributed by atoms with Crippen molar-refractivity contribution in [3.63, 3.8) is 0 Å². The third-order valence-corrected chi connectivity index (χ3v) is 5.87. The molecular formula is C27H24N4O5. The summed E-state index contributed by atoms with van der Waals surface area (Å²) < 4.78 is 19.0. The molecule has 9 nitrogen and oxygen atoms in total. The predicted molar refractivity (Wildman–Crippen MR) is 135 cm³/mol. The molecule has 0 atom stereocenters. The standard InChI is InChI=1S/C27H24N4O5/c1-4-36-19-12-10-17(11-13-19)22(32)16-30-21-15-24(35-3)23(34-2)14-20(21)26-28-25(29-31(26)27(30)33)18-8-6-5-7-9-18/h5-15H,4,16H2,1-3H3. The zero-order valence-electron chi connectivity index (χ0n) is 20.1. The highest BCUT2D eigenvalue weighted by molar-refractivity contribution is 5.98. The van der Waals surface area contributed by atoms with Gasteiger partial charge in [0.1, 0.15) is 5.75 Å². The van der Waals surface area contributed by atoms with E-state index in [9.17, 15) is 9.59 Å². The van der Waals surface area contributed by atoms with Crippen LogP contribution in [0.25, 0.3) is 27.9 Å². The molecule has 5 aromatic rings. The molecule has 182 valence electrons. The van der Waals surface area contributed by atoms with Gasteiger partial charge in [-0.3, -0.25) is 9.36 Å². The summed E-state index contributed by atoms with van der Waals surface area (Å²) in [5.74, 6) is 1.74. The Morgan fingerprint density at radius 1 is 0.944 bits per heavy atom.